The number of benzene rings is 6. The van der Waals surface area contributed by atoms with Crippen LogP contribution in [0.25, 0.3) is 22.3 Å². The van der Waals surface area contributed by atoms with Crippen LogP contribution >= 0.6 is 138 Å². The largest absolute Gasteiger partial charge is 0.334 e. The van der Waals surface area contributed by atoms with Gasteiger partial charge < -0.3 is 29.4 Å². The van der Waals surface area contributed by atoms with E-state index in [0.717, 1.165) is 84.0 Å². The number of hydrogen-bond donors (Lipinski definition) is 0. The van der Waals surface area contributed by atoms with Gasteiger partial charge in [-0.05, 0) is 248 Å². The van der Waals surface area contributed by atoms with Crippen molar-refractivity contribution in [1.82, 2.24) is 39.4 Å². The number of amides is 6. The molecule has 140 heavy (non-hydrogen) atoms. The maximum absolute atomic E-state index is 12.3. The van der Waals surface area contributed by atoms with Gasteiger partial charge in [0.15, 0.2) is 0 Å². The van der Waals surface area contributed by atoms with Crippen LogP contribution in [0.1, 0.15) is 193 Å². The highest BCUT2D eigenvalue weighted by Crippen LogP contribution is 2.52. The predicted octanol–water partition coefficient (Wildman–Crippen LogP) is 29.0. The third kappa shape index (κ3) is 23.4. The fraction of sp³-hybridized carbons (Fsp3) is 0.228. The molecule has 712 valence electrons. The molecule has 0 saturated heterocycles. The predicted molar refractivity (Wildman–Crippen MR) is 579 cm³/mol. The molecule has 8 aliphatic rings. The molecule has 26 heteroatoms. The lowest BCUT2D eigenvalue weighted by Crippen LogP contribution is -2.37. The van der Waals surface area contributed by atoms with Crippen LogP contribution in [0.2, 0.25) is 26.0 Å². The molecule has 6 aliphatic heterocycles. The molecule has 8 aromatic heterocycles. The van der Waals surface area contributed by atoms with Gasteiger partial charge >= 0.3 is 0 Å². The molecule has 0 radical (unpaired) electrons. The van der Waals surface area contributed by atoms with Crippen molar-refractivity contribution in [2.24, 2.45) is 0 Å². The first-order valence-corrected chi connectivity index (χ1v) is 53.7. The van der Waals surface area contributed by atoms with Crippen molar-refractivity contribution in [2.45, 2.75) is 125 Å². The summed E-state index contributed by atoms with van der Waals surface area (Å²) < 4.78 is 4.69. The van der Waals surface area contributed by atoms with E-state index in [1.807, 2.05) is 102 Å². The molecule has 6 aromatic carbocycles. The molecule has 14 nitrogen and oxygen atoms in total. The lowest BCUT2D eigenvalue weighted by molar-refractivity contribution is -0.127. The zero-order valence-electron chi connectivity index (χ0n) is 76.9. The quantitative estimate of drug-likeness (QED) is 0.0869. The van der Waals surface area contributed by atoms with E-state index in [1.54, 1.807) is 92.8 Å². The number of pyridine rings is 2. The highest BCUT2D eigenvalue weighted by Gasteiger charge is 2.40. The average Bonchev–Trinajstić information content (AvgIpc) is 1.49. The number of carbonyl (C=O) groups excluding carboxylic acids is 6. The molecule has 14 aromatic rings. The van der Waals surface area contributed by atoms with Crippen LogP contribution in [-0.2, 0) is 68.0 Å². The van der Waals surface area contributed by atoms with Gasteiger partial charge in [0.25, 0.3) is 0 Å². The Bertz CT molecular complexity index is 6510. The lowest BCUT2D eigenvalue weighted by Gasteiger charge is -2.33. The fourth-order valence-electron chi connectivity index (χ4n) is 19.9. The molecular formula is C114H102Cl6N8O6S6. The number of rotatable bonds is 16. The minimum Gasteiger partial charge on any atom is -0.334 e. The zero-order chi connectivity index (χ0) is 97.8. The Balaban J connectivity index is 0.000000116. The Labute approximate surface area is 872 Å². The van der Waals surface area contributed by atoms with Crippen molar-refractivity contribution < 1.29 is 28.8 Å². The Morgan fingerprint density at radius 3 is 0.743 bits per heavy atom. The minimum absolute atomic E-state index is 0.00549. The third-order valence-corrected chi connectivity index (χ3v) is 34.5. The average molecular weight is 2090 g/mol. The number of aromatic nitrogens is 2. The highest BCUT2D eigenvalue weighted by atomic mass is 35.5. The highest BCUT2D eigenvalue weighted by molar-refractivity contribution is 7.18. The molecule has 0 spiro atoms. The second-order valence-electron chi connectivity index (χ2n) is 35.4. The normalized spacial score (nSPS) is 18.0. The van der Waals surface area contributed by atoms with Crippen molar-refractivity contribution in [3.8, 4) is 22.3 Å². The number of fused-ring (bicyclic) bond motifs is 6. The molecule has 0 bridgehead atoms. The van der Waals surface area contributed by atoms with Gasteiger partial charge in [0.05, 0.1) is 65.3 Å². The van der Waals surface area contributed by atoms with E-state index in [2.05, 4.69) is 195 Å². The molecule has 6 amide bonds. The van der Waals surface area contributed by atoms with Crippen LogP contribution in [0.15, 0.2) is 319 Å². The van der Waals surface area contributed by atoms with Gasteiger partial charge in [0.1, 0.15) is 0 Å². The maximum atomic E-state index is 12.3. The molecule has 0 N–H and O–H groups in total. The monoisotopic (exact) mass is 2080 g/mol. The summed E-state index contributed by atoms with van der Waals surface area (Å²) in [6.07, 6.45) is 22.5. The topological polar surface area (TPSA) is 148 Å². The van der Waals surface area contributed by atoms with E-state index >= 15 is 0 Å². The number of halogens is 6. The Morgan fingerprint density at radius 1 is 0.257 bits per heavy atom. The Kier molecular flexibility index (Phi) is 33.2. The van der Waals surface area contributed by atoms with Crippen molar-refractivity contribution in [3.05, 3.63) is 452 Å². The summed E-state index contributed by atoms with van der Waals surface area (Å²) in [5.41, 5.74) is 22.6. The maximum Gasteiger partial charge on any atom is 0.246 e. The van der Waals surface area contributed by atoms with E-state index < -0.39 is 0 Å². The molecule has 0 unspecified atom stereocenters. The van der Waals surface area contributed by atoms with Gasteiger partial charge in [-0.3, -0.25) is 38.7 Å². The van der Waals surface area contributed by atoms with Gasteiger partial charge in [-0.15, -0.1) is 68.0 Å². The summed E-state index contributed by atoms with van der Waals surface area (Å²) in [5.74, 6) is 2.42. The van der Waals surface area contributed by atoms with E-state index in [-0.39, 0.29) is 59.1 Å². The van der Waals surface area contributed by atoms with Gasteiger partial charge in [-0.1, -0.05) is 267 Å². The number of carbonyl (C=O) groups is 6. The van der Waals surface area contributed by atoms with Crippen LogP contribution in [0.4, 0.5) is 0 Å². The number of thiophene rings is 6. The second kappa shape index (κ2) is 46.3. The van der Waals surface area contributed by atoms with E-state index in [1.165, 1.54) is 160 Å². The Hall–Kier alpha value is -11.2. The van der Waals surface area contributed by atoms with Crippen LogP contribution in [0.3, 0.4) is 0 Å². The van der Waals surface area contributed by atoms with Crippen molar-refractivity contribution in [3.63, 3.8) is 0 Å². The van der Waals surface area contributed by atoms with E-state index in [9.17, 15) is 28.8 Å². The smallest absolute Gasteiger partial charge is 0.246 e. The molecule has 2 saturated carbocycles. The SMILES string of the molecule is C=CC(=O)N1CC[C@@H](c2ccccc2)c2cc(Cl)sc2C1.C=CC(=O)N1CC[C@H](c2ccccc2)c2cc(Cl)sc2C1.C=CC(=O)N1Cc2sc(Cl)cc2[C@@H](c2ccccc2-c2ccncc2)C1.C=CC(=O)N1Cc2sc(Cl)cc2[C@@H](c2ccccc2C2CC2)C1.C=CC(=O)N1Cc2sc(Cl)cc2[C@H](c2ccccc2-c2ccncc2)C1.C=CC(=O)N1Cc2sc(Cl)cc2[C@H](c2ccccc2C2CC2)C1. The van der Waals surface area contributed by atoms with Crippen LogP contribution in [0, 0.1) is 0 Å². The van der Waals surface area contributed by atoms with Gasteiger partial charge in [0.2, 0.25) is 35.4 Å². The lowest BCUT2D eigenvalue weighted by atomic mass is 9.84. The van der Waals surface area contributed by atoms with Gasteiger partial charge in [-0.25, -0.2) is 0 Å². The van der Waals surface area contributed by atoms with Gasteiger partial charge in [0, 0.05) is 129 Å². The standard InChI is InChI=1S/2C21H17ClN2OS.2C19H18ClNOS.2C17H16ClNOS/c2*1-2-21(25)24-12-18(17-11-20(22)26-19(17)13-24)16-6-4-3-5-15(16)14-7-9-23-10-8-14;2*1-2-19(22)21-10-16(15-9-18(20)23-17(15)11-21)14-6-4-3-5-13(14)12-7-8-12;2*1-2-17(20)19-9-8-13(12-6-4-3-5-7-12)14-10-16(18)21-15(14)11-19/h2*2-11,18H,1,12-13H2;2*2-6,9,12,16H,1,7-8,10-11H2;2*2-7,10,13H,1,8-9,11H2/t2*18-;2*16-;2*13-/m101010/s1. The van der Waals surface area contributed by atoms with Gasteiger partial charge in [-0.2, -0.15) is 0 Å². The molecule has 22 rings (SSSR count). The zero-order valence-corrected chi connectivity index (χ0v) is 86.3. The van der Waals surface area contributed by atoms with Crippen molar-refractivity contribution in [1.29, 1.82) is 0 Å². The fourth-order valence-corrected chi connectivity index (χ4v) is 28.1. The van der Waals surface area contributed by atoms with E-state index in [0.29, 0.717) is 89.1 Å². The summed E-state index contributed by atoms with van der Waals surface area (Å²) >= 11 is 47.0. The first-order chi connectivity index (χ1) is 68.0. The second-order valence-corrected chi connectivity index (χ2v) is 46.0. The molecule has 2 fully saturated rings. The minimum atomic E-state index is -0.0495. The summed E-state index contributed by atoms with van der Waals surface area (Å²) in [5, 5.41) is 0. The molecule has 2 aliphatic carbocycles. The van der Waals surface area contributed by atoms with Crippen LogP contribution in [0.5, 0.6) is 0 Å². The first-order valence-electron chi connectivity index (χ1n) is 46.5. The first kappa shape index (κ1) is 100. The molecule has 6 atom stereocenters. The molecule has 14 heterocycles. The summed E-state index contributed by atoms with van der Waals surface area (Å²) in [4.78, 5) is 99.3. The van der Waals surface area contributed by atoms with Crippen molar-refractivity contribution >= 4 is 173 Å². The van der Waals surface area contributed by atoms with Crippen LogP contribution < -0.4 is 0 Å². The summed E-state index contributed by atoms with van der Waals surface area (Å²) in [7, 11) is 0. The Morgan fingerprint density at radius 2 is 0.479 bits per heavy atom. The summed E-state index contributed by atoms with van der Waals surface area (Å²) in [6.45, 7) is 29.6. The number of nitrogens with zero attached hydrogens (tertiary/aromatic N) is 8. The van der Waals surface area contributed by atoms with E-state index in [4.69, 9.17) is 69.6 Å². The van der Waals surface area contributed by atoms with Crippen LogP contribution in [-0.4, -0.2) is 114 Å². The third-order valence-electron chi connectivity index (χ3n) is 26.9. The molecular weight excluding hydrogens is 1980 g/mol. The number of hydrogen-bond acceptors (Lipinski definition) is 14. The summed E-state index contributed by atoms with van der Waals surface area (Å²) in [6, 6.07) is 75.3. The van der Waals surface area contributed by atoms with Crippen molar-refractivity contribution in [2.75, 3.05) is 39.3 Å².